The van der Waals surface area contributed by atoms with Crippen molar-refractivity contribution in [1.82, 2.24) is 0 Å². The van der Waals surface area contributed by atoms with Crippen molar-refractivity contribution in [1.29, 1.82) is 0 Å². The number of rotatable bonds is 0. The van der Waals surface area contributed by atoms with Crippen molar-refractivity contribution in [2.24, 2.45) is 0 Å². The standard InChI is InChI=1S/C16H28O5/c1-12-13(17)8-6-4-2-3-5-7-9-14(18)15(19)10-11-16(20)21-12/h10-15,17-19H,2-9H2,1H3/b11-10+/t12-,13+,14+,15-/m0/s1. The minimum absolute atomic E-state index is 0.523. The molecule has 0 saturated heterocycles. The van der Waals surface area contributed by atoms with Crippen molar-refractivity contribution < 1.29 is 24.9 Å². The number of ether oxygens (including phenoxy) is 1. The summed E-state index contributed by atoms with van der Waals surface area (Å²) in [5, 5.41) is 29.4. The number of cyclic esters (lactones) is 1. The highest BCUT2D eigenvalue weighted by atomic mass is 16.6. The topological polar surface area (TPSA) is 87.0 Å². The van der Waals surface area contributed by atoms with E-state index in [1.54, 1.807) is 6.92 Å². The molecule has 0 spiro atoms. The van der Waals surface area contributed by atoms with Gasteiger partial charge >= 0.3 is 5.97 Å². The Morgan fingerprint density at radius 3 is 2.10 bits per heavy atom. The van der Waals surface area contributed by atoms with Gasteiger partial charge in [0.25, 0.3) is 0 Å². The van der Waals surface area contributed by atoms with Gasteiger partial charge in [0.2, 0.25) is 0 Å². The van der Waals surface area contributed by atoms with Gasteiger partial charge in [-0.3, -0.25) is 0 Å². The van der Waals surface area contributed by atoms with Gasteiger partial charge in [-0.1, -0.05) is 38.5 Å². The Bertz CT molecular complexity index is 329. The molecular weight excluding hydrogens is 272 g/mol. The van der Waals surface area contributed by atoms with Crippen LogP contribution in [0.3, 0.4) is 0 Å². The highest BCUT2D eigenvalue weighted by Crippen LogP contribution is 2.15. The zero-order valence-electron chi connectivity index (χ0n) is 12.8. The van der Waals surface area contributed by atoms with Crippen LogP contribution in [0, 0.1) is 0 Å². The number of esters is 1. The van der Waals surface area contributed by atoms with E-state index in [1.807, 2.05) is 0 Å². The quantitative estimate of drug-likeness (QED) is 0.593. The third-order valence-electron chi connectivity index (χ3n) is 3.92. The molecule has 0 aromatic heterocycles. The first kappa shape index (κ1) is 18.1. The van der Waals surface area contributed by atoms with Crippen LogP contribution in [0.15, 0.2) is 12.2 Å². The van der Waals surface area contributed by atoms with Gasteiger partial charge in [-0.25, -0.2) is 4.79 Å². The molecule has 0 bridgehead atoms. The molecule has 4 atom stereocenters. The Labute approximate surface area is 126 Å². The highest BCUT2D eigenvalue weighted by Gasteiger charge is 2.18. The number of carbonyl (C=O) groups excluding carboxylic acids is 1. The summed E-state index contributed by atoms with van der Waals surface area (Å²) in [5.74, 6) is -0.611. The first-order valence-corrected chi connectivity index (χ1v) is 7.93. The Hall–Kier alpha value is -0.910. The molecule has 0 unspecified atom stereocenters. The average Bonchev–Trinajstić information content (AvgIpc) is 2.45. The summed E-state index contributed by atoms with van der Waals surface area (Å²) in [6, 6.07) is 0. The van der Waals surface area contributed by atoms with Crippen LogP contribution in [-0.2, 0) is 9.53 Å². The van der Waals surface area contributed by atoms with Gasteiger partial charge in [-0.2, -0.15) is 0 Å². The Kier molecular flexibility index (Phi) is 8.57. The van der Waals surface area contributed by atoms with E-state index >= 15 is 0 Å². The van der Waals surface area contributed by atoms with Crippen LogP contribution < -0.4 is 0 Å². The molecule has 122 valence electrons. The van der Waals surface area contributed by atoms with Gasteiger partial charge < -0.3 is 20.1 Å². The van der Waals surface area contributed by atoms with Crippen LogP contribution in [0.25, 0.3) is 0 Å². The largest absolute Gasteiger partial charge is 0.457 e. The maximum atomic E-state index is 11.6. The van der Waals surface area contributed by atoms with Crippen LogP contribution >= 0.6 is 0 Å². The van der Waals surface area contributed by atoms with E-state index in [-0.39, 0.29) is 0 Å². The summed E-state index contributed by atoms with van der Waals surface area (Å²) in [5.41, 5.74) is 0. The monoisotopic (exact) mass is 300 g/mol. The van der Waals surface area contributed by atoms with E-state index in [0.717, 1.165) is 44.6 Å². The lowest BCUT2D eigenvalue weighted by molar-refractivity contribution is -0.147. The third-order valence-corrected chi connectivity index (χ3v) is 3.92. The molecular formula is C16H28O5. The van der Waals surface area contributed by atoms with Gasteiger partial charge in [0.1, 0.15) is 6.10 Å². The molecule has 1 heterocycles. The molecule has 0 aromatic carbocycles. The predicted molar refractivity (Wildman–Crippen MR) is 79.7 cm³/mol. The van der Waals surface area contributed by atoms with E-state index in [4.69, 9.17) is 4.74 Å². The smallest absolute Gasteiger partial charge is 0.330 e. The molecule has 0 amide bonds. The van der Waals surface area contributed by atoms with Gasteiger partial charge in [-0.15, -0.1) is 0 Å². The molecule has 0 saturated carbocycles. The van der Waals surface area contributed by atoms with E-state index in [9.17, 15) is 20.1 Å². The molecule has 3 N–H and O–H groups in total. The maximum Gasteiger partial charge on any atom is 0.330 e. The fourth-order valence-electron chi connectivity index (χ4n) is 2.43. The van der Waals surface area contributed by atoms with Gasteiger partial charge in [0, 0.05) is 6.08 Å². The van der Waals surface area contributed by atoms with Crippen molar-refractivity contribution in [3.8, 4) is 0 Å². The molecule has 0 aromatic rings. The molecule has 1 rings (SSSR count). The molecule has 1 aliphatic rings. The number of carbonyl (C=O) groups is 1. The average molecular weight is 300 g/mol. The molecule has 5 nitrogen and oxygen atoms in total. The minimum atomic E-state index is -1.06. The van der Waals surface area contributed by atoms with Crippen molar-refractivity contribution in [2.45, 2.75) is 82.7 Å². The van der Waals surface area contributed by atoms with E-state index in [1.165, 1.54) is 6.08 Å². The molecule has 0 radical (unpaired) electrons. The minimum Gasteiger partial charge on any atom is -0.457 e. The van der Waals surface area contributed by atoms with E-state index in [0.29, 0.717) is 12.8 Å². The number of hydrogen-bond donors (Lipinski definition) is 3. The lowest BCUT2D eigenvalue weighted by Crippen LogP contribution is -2.28. The SMILES string of the molecule is C[C@@H]1OC(=O)/C=C/[C@H](O)[C@H](O)CCCCCCCC[C@H]1O. The zero-order chi connectivity index (χ0) is 15.7. The second-order valence-corrected chi connectivity index (χ2v) is 5.83. The Balaban J connectivity index is 2.58. The molecule has 0 fully saturated rings. The highest BCUT2D eigenvalue weighted by molar-refractivity contribution is 5.82. The van der Waals surface area contributed by atoms with Crippen molar-refractivity contribution in [3.05, 3.63) is 12.2 Å². The number of aliphatic hydroxyl groups is 3. The molecule has 21 heavy (non-hydrogen) atoms. The van der Waals surface area contributed by atoms with Gasteiger partial charge in [-0.05, 0) is 25.8 Å². The number of hydrogen-bond acceptors (Lipinski definition) is 5. The van der Waals surface area contributed by atoms with Crippen LogP contribution in [0.5, 0.6) is 0 Å². The summed E-state index contributed by atoms with van der Waals surface area (Å²) in [4.78, 5) is 11.6. The molecule has 0 aliphatic carbocycles. The first-order chi connectivity index (χ1) is 10.0. The van der Waals surface area contributed by atoms with Crippen molar-refractivity contribution >= 4 is 5.97 Å². The van der Waals surface area contributed by atoms with Gasteiger partial charge in [0.05, 0.1) is 18.3 Å². The normalized spacial score (nSPS) is 35.9. The lowest BCUT2D eigenvalue weighted by atomic mass is 10.0. The van der Waals surface area contributed by atoms with Crippen molar-refractivity contribution in [2.75, 3.05) is 0 Å². The van der Waals surface area contributed by atoms with Crippen LogP contribution in [0.4, 0.5) is 0 Å². The summed E-state index contributed by atoms with van der Waals surface area (Å²) in [6.07, 6.45) is 6.39. The fraction of sp³-hybridized carbons (Fsp3) is 0.812. The zero-order valence-corrected chi connectivity index (χ0v) is 12.8. The third kappa shape index (κ3) is 7.60. The van der Waals surface area contributed by atoms with Gasteiger partial charge in [0.15, 0.2) is 0 Å². The summed E-state index contributed by atoms with van der Waals surface area (Å²) in [6.45, 7) is 1.66. The maximum absolute atomic E-state index is 11.6. The summed E-state index contributed by atoms with van der Waals surface area (Å²) < 4.78 is 5.08. The van der Waals surface area contributed by atoms with Crippen molar-refractivity contribution in [3.63, 3.8) is 0 Å². The summed E-state index contributed by atoms with van der Waals surface area (Å²) in [7, 11) is 0. The molecule has 5 heteroatoms. The fourth-order valence-corrected chi connectivity index (χ4v) is 2.43. The summed E-state index contributed by atoms with van der Waals surface area (Å²) >= 11 is 0. The van der Waals surface area contributed by atoms with Crippen LogP contribution in [-0.4, -0.2) is 45.7 Å². The predicted octanol–water partition coefficient (Wildman–Crippen LogP) is 1.69. The van der Waals surface area contributed by atoms with Crippen LogP contribution in [0.1, 0.15) is 58.3 Å². The van der Waals surface area contributed by atoms with Crippen LogP contribution in [0.2, 0.25) is 0 Å². The lowest BCUT2D eigenvalue weighted by Gasteiger charge is -2.19. The number of aliphatic hydroxyl groups excluding tert-OH is 3. The first-order valence-electron chi connectivity index (χ1n) is 7.93. The van der Waals surface area contributed by atoms with E-state index in [2.05, 4.69) is 0 Å². The second-order valence-electron chi connectivity index (χ2n) is 5.83. The Morgan fingerprint density at radius 2 is 1.48 bits per heavy atom. The second kappa shape index (κ2) is 9.92. The van der Waals surface area contributed by atoms with E-state index < -0.39 is 30.4 Å². The molecule has 1 aliphatic heterocycles. The Morgan fingerprint density at radius 1 is 0.952 bits per heavy atom.